The van der Waals surface area contributed by atoms with Gasteiger partial charge in [0.25, 0.3) is 0 Å². The Morgan fingerprint density at radius 2 is 1.56 bits per heavy atom. The number of ether oxygens (including phenoxy) is 3. The van der Waals surface area contributed by atoms with Crippen LogP contribution in [0.2, 0.25) is 0 Å². The first-order valence-electron chi connectivity index (χ1n) is 9.27. The Hall–Kier alpha value is -2.08. The van der Waals surface area contributed by atoms with Crippen LogP contribution in [0.25, 0.3) is 0 Å². The van der Waals surface area contributed by atoms with Gasteiger partial charge in [-0.1, -0.05) is 30.3 Å². The van der Waals surface area contributed by atoms with Gasteiger partial charge >= 0.3 is 0 Å². The minimum absolute atomic E-state index is 0.283. The second kappa shape index (κ2) is 10.9. The van der Waals surface area contributed by atoms with Gasteiger partial charge in [-0.05, 0) is 37.1 Å². The lowest BCUT2D eigenvalue weighted by Gasteiger charge is -2.29. The highest BCUT2D eigenvalue weighted by Crippen LogP contribution is 2.24. The lowest BCUT2D eigenvalue weighted by molar-refractivity contribution is 0.00312. The zero-order valence-electron chi connectivity index (χ0n) is 16.7. The van der Waals surface area contributed by atoms with Gasteiger partial charge in [0.05, 0.1) is 33.5 Å². The largest absolute Gasteiger partial charge is 0.497 e. The molecule has 0 radical (unpaired) electrons. The molecule has 1 atom stereocenters. The van der Waals surface area contributed by atoms with Gasteiger partial charge in [0, 0.05) is 25.2 Å². The second-order valence-corrected chi connectivity index (χ2v) is 6.90. The molecule has 2 aromatic rings. The zero-order valence-corrected chi connectivity index (χ0v) is 16.7. The smallest absolute Gasteiger partial charge is 0.122 e. The molecule has 0 amide bonds. The summed E-state index contributed by atoms with van der Waals surface area (Å²) < 4.78 is 16.4. The molecule has 0 aliphatic heterocycles. The monoisotopic (exact) mass is 373 g/mol. The molecule has 27 heavy (non-hydrogen) atoms. The Bertz CT molecular complexity index is 653. The maximum Gasteiger partial charge on any atom is 0.122 e. The van der Waals surface area contributed by atoms with Crippen LogP contribution in [0, 0.1) is 0 Å². The van der Waals surface area contributed by atoms with Crippen molar-refractivity contribution in [2.75, 3.05) is 27.4 Å². The average Bonchev–Trinajstić information content (AvgIpc) is 2.67. The van der Waals surface area contributed by atoms with Crippen LogP contribution >= 0.6 is 0 Å². The topological polar surface area (TPSA) is 51.2 Å². The molecular formula is C22H31NO4. The van der Waals surface area contributed by atoms with Crippen LogP contribution < -0.4 is 9.47 Å². The molecule has 0 aromatic heterocycles. The maximum atomic E-state index is 10.4. The summed E-state index contributed by atoms with van der Waals surface area (Å²) in [5, 5.41) is 10.4. The van der Waals surface area contributed by atoms with E-state index in [0.717, 1.165) is 22.6 Å². The molecule has 0 aliphatic carbocycles. The van der Waals surface area contributed by atoms with Gasteiger partial charge in [0.15, 0.2) is 0 Å². The van der Waals surface area contributed by atoms with E-state index in [4.69, 9.17) is 14.2 Å². The van der Waals surface area contributed by atoms with Crippen LogP contribution in [-0.4, -0.2) is 49.5 Å². The van der Waals surface area contributed by atoms with Crippen LogP contribution in [0.15, 0.2) is 48.5 Å². The van der Waals surface area contributed by atoms with Gasteiger partial charge in [-0.15, -0.1) is 0 Å². The third kappa shape index (κ3) is 7.21. The normalized spacial score (nSPS) is 12.4. The molecule has 0 heterocycles. The van der Waals surface area contributed by atoms with E-state index in [-0.39, 0.29) is 6.04 Å². The number of hydrogen-bond acceptors (Lipinski definition) is 5. The molecule has 5 heteroatoms. The summed E-state index contributed by atoms with van der Waals surface area (Å²) in [6, 6.07) is 16.1. The predicted molar refractivity (Wildman–Crippen MR) is 107 cm³/mol. The number of nitrogens with zero attached hydrogens (tertiary/aromatic N) is 1. The van der Waals surface area contributed by atoms with Crippen molar-refractivity contribution >= 4 is 0 Å². The van der Waals surface area contributed by atoms with Crippen molar-refractivity contribution in [2.24, 2.45) is 0 Å². The number of benzene rings is 2. The Labute approximate surface area is 162 Å². The van der Waals surface area contributed by atoms with E-state index < -0.39 is 6.10 Å². The number of rotatable bonds is 11. The number of methoxy groups -OCH3 is 2. The Balaban J connectivity index is 1.90. The van der Waals surface area contributed by atoms with E-state index in [1.807, 2.05) is 48.5 Å². The summed E-state index contributed by atoms with van der Waals surface area (Å²) >= 11 is 0. The average molecular weight is 373 g/mol. The third-order valence-corrected chi connectivity index (χ3v) is 4.39. The quantitative estimate of drug-likeness (QED) is 0.653. The minimum Gasteiger partial charge on any atom is -0.497 e. The van der Waals surface area contributed by atoms with Gasteiger partial charge < -0.3 is 19.3 Å². The molecule has 148 valence electrons. The van der Waals surface area contributed by atoms with Crippen molar-refractivity contribution < 1.29 is 19.3 Å². The van der Waals surface area contributed by atoms with Crippen LogP contribution in [0.5, 0.6) is 11.5 Å². The van der Waals surface area contributed by atoms with Gasteiger partial charge in [-0.2, -0.15) is 0 Å². The molecule has 2 aromatic carbocycles. The first-order chi connectivity index (χ1) is 13.0. The number of aliphatic hydroxyl groups is 1. The zero-order chi connectivity index (χ0) is 19.6. The number of hydrogen-bond donors (Lipinski definition) is 1. The molecule has 0 saturated heterocycles. The summed E-state index contributed by atoms with van der Waals surface area (Å²) in [4.78, 5) is 2.21. The Morgan fingerprint density at radius 1 is 0.926 bits per heavy atom. The number of aliphatic hydroxyl groups excluding tert-OH is 1. The molecule has 0 bridgehead atoms. The highest BCUT2D eigenvalue weighted by atomic mass is 16.5. The maximum absolute atomic E-state index is 10.4. The summed E-state index contributed by atoms with van der Waals surface area (Å²) in [7, 11) is 3.29. The van der Waals surface area contributed by atoms with E-state index in [0.29, 0.717) is 26.3 Å². The second-order valence-electron chi connectivity index (χ2n) is 6.90. The lowest BCUT2D eigenvalue weighted by atomic mass is 10.1. The molecule has 5 nitrogen and oxygen atoms in total. The van der Waals surface area contributed by atoms with E-state index in [1.165, 1.54) is 0 Å². The van der Waals surface area contributed by atoms with Crippen LogP contribution in [0.4, 0.5) is 0 Å². The highest BCUT2D eigenvalue weighted by molar-refractivity contribution is 5.38. The first-order valence-corrected chi connectivity index (χ1v) is 9.27. The fraction of sp³-hybridized carbons (Fsp3) is 0.455. The lowest BCUT2D eigenvalue weighted by Crippen LogP contribution is -2.38. The van der Waals surface area contributed by atoms with Crippen LogP contribution in [0.3, 0.4) is 0 Å². The van der Waals surface area contributed by atoms with Gasteiger partial charge in [0.2, 0.25) is 0 Å². The summed E-state index contributed by atoms with van der Waals surface area (Å²) in [6.45, 7) is 6.28. The van der Waals surface area contributed by atoms with E-state index in [2.05, 4.69) is 18.7 Å². The molecule has 2 rings (SSSR count). The van der Waals surface area contributed by atoms with Crippen molar-refractivity contribution in [3.63, 3.8) is 0 Å². The molecule has 0 spiro atoms. The van der Waals surface area contributed by atoms with E-state index >= 15 is 0 Å². The summed E-state index contributed by atoms with van der Waals surface area (Å²) in [5.74, 6) is 1.53. The predicted octanol–water partition coefficient (Wildman–Crippen LogP) is 3.49. The Kier molecular flexibility index (Phi) is 8.58. The van der Waals surface area contributed by atoms with Gasteiger partial charge in [-0.3, -0.25) is 4.90 Å². The van der Waals surface area contributed by atoms with E-state index in [1.54, 1.807) is 14.2 Å². The minimum atomic E-state index is -0.552. The van der Waals surface area contributed by atoms with Crippen molar-refractivity contribution in [2.45, 2.75) is 39.1 Å². The molecule has 0 fully saturated rings. The summed E-state index contributed by atoms with van der Waals surface area (Å²) in [6.07, 6.45) is -0.552. The summed E-state index contributed by atoms with van der Waals surface area (Å²) in [5.41, 5.74) is 2.19. The van der Waals surface area contributed by atoms with Crippen LogP contribution in [0.1, 0.15) is 25.0 Å². The van der Waals surface area contributed by atoms with Crippen molar-refractivity contribution in [3.8, 4) is 11.5 Å². The first kappa shape index (κ1) is 21.2. The molecule has 0 saturated carbocycles. The molecule has 0 unspecified atom stereocenters. The van der Waals surface area contributed by atoms with Gasteiger partial charge in [0.1, 0.15) is 11.5 Å². The highest BCUT2D eigenvalue weighted by Gasteiger charge is 2.16. The van der Waals surface area contributed by atoms with Crippen molar-refractivity contribution in [1.82, 2.24) is 4.90 Å². The van der Waals surface area contributed by atoms with Crippen LogP contribution in [-0.2, 0) is 17.9 Å². The third-order valence-electron chi connectivity index (χ3n) is 4.39. The van der Waals surface area contributed by atoms with Gasteiger partial charge in [-0.25, -0.2) is 0 Å². The molecular weight excluding hydrogens is 342 g/mol. The molecule has 0 aliphatic rings. The SMILES string of the molecule is COc1cc(CN(C[C@@H](O)COCc2ccccc2)C(C)C)cc(OC)c1. The van der Waals surface area contributed by atoms with Crippen molar-refractivity contribution in [1.29, 1.82) is 0 Å². The Morgan fingerprint density at radius 3 is 2.11 bits per heavy atom. The van der Waals surface area contributed by atoms with Crippen molar-refractivity contribution in [3.05, 3.63) is 59.7 Å². The molecule has 1 N–H and O–H groups in total. The fourth-order valence-electron chi connectivity index (χ4n) is 2.86. The van der Waals surface area contributed by atoms with E-state index in [9.17, 15) is 5.11 Å². The fourth-order valence-corrected chi connectivity index (χ4v) is 2.86. The standard InChI is InChI=1S/C22H31NO4/c1-17(2)23(13-19-10-21(25-3)12-22(11-19)26-4)14-20(24)16-27-15-18-8-6-5-7-9-18/h5-12,17,20,24H,13-16H2,1-4H3/t20-/m1/s1.